The minimum absolute atomic E-state index is 0.0100. The number of hydrogen-bond acceptors (Lipinski definition) is 4. The predicted molar refractivity (Wildman–Crippen MR) is 58.8 cm³/mol. The van der Waals surface area contributed by atoms with E-state index in [9.17, 15) is 0 Å². The van der Waals surface area contributed by atoms with Crippen LogP contribution in [0.5, 0.6) is 0 Å². The molecule has 3 rings (SSSR count). The normalized spacial score (nSPS) is 22.7. The molecule has 0 radical (unpaired) electrons. The van der Waals surface area contributed by atoms with E-state index in [2.05, 4.69) is 10.1 Å². The molecule has 0 spiro atoms. The predicted octanol–water partition coefficient (Wildman–Crippen LogP) is 0.766. The summed E-state index contributed by atoms with van der Waals surface area (Å²) in [5.41, 5.74) is 8.30. The highest BCUT2D eigenvalue weighted by molar-refractivity contribution is 5.53. The molecule has 3 heterocycles. The summed E-state index contributed by atoms with van der Waals surface area (Å²) in [5.74, 6) is 0.396. The van der Waals surface area contributed by atoms with Crippen molar-refractivity contribution in [2.45, 2.75) is 12.5 Å². The monoisotopic (exact) mass is 218 g/mol. The molecule has 5 heteroatoms. The van der Waals surface area contributed by atoms with Gasteiger partial charge in [0.25, 0.3) is 0 Å². The second-order valence-corrected chi connectivity index (χ2v) is 4.16. The van der Waals surface area contributed by atoms with Gasteiger partial charge in [-0.25, -0.2) is 4.52 Å². The van der Waals surface area contributed by atoms with Crippen LogP contribution in [0.1, 0.15) is 18.0 Å². The van der Waals surface area contributed by atoms with Crippen LogP contribution in [0.4, 0.5) is 0 Å². The fraction of sp³-hybridized carbons (Fsp3) is 0.455. The number of nitrogens with two attached hydrogens (primary N) is 1. The molecular weight excluding hydrogens is 204 g/mol. The quantitative estimate of drug-likeness (QED) is 0.808. The molecule has 84 valence electrons. The van der Waals surface area contributed by atoms with Crippen molar-refractivity contribution in [2.24, 2.45) is 11.7 Å². The van der Waals surface area contributed by atoms with Gasteiger partial charge in [0.15, 0.2) is 0 Å². The van der Waals surface area contributed by atoms with Crippen molar-refractivity contribution < 1.29 is 4.74 Å². The van der Waals surface area contributed by atoms with E-state index >= 15 is 0 Å². The van der Waals surface area contributed by atoms with Gasteiger partial charge in [0.2, 0.25) is 0 Å². The molecule has 1 saturated heterocycles. The molecule has 1 fully saturated rings. The van der Waals surface area contributed by atoms with Crippen LogP contribution < -0.4 is 5.73 Å². The lowest BCUT2D eigenvalue weighted by molar-refractivity contribution is 0.181. The molecule has 1 aliphatic rings. The van der Waals surface area contributed by atoms with Crippen LogP contribution in [0.15, 0.2) is 24.8 Å². The molecule has 2 aromatic heterocycles. The summed E-state index contributed by atoms with van der Waals surface area (Å²) >= 11 is 0. The largest absolute Gasteiger partial charge is 0.381 e. The van der Waals surface area contributed by atoms with Crippen LogP contribution in [0.3, 0.4) is 0 Å². The number of aromatic nitrogens is 3. The standard InChI is InChI=1S/C11H14N4O/c12-11(8-1-4-16-7-8)9-5-14-15-3-2-13-6-10(9)15/h2-3,5-6,8,11H,1,4,7,12H2. The molecule has 0 aliphatic carbocycles. The van der Waals surface area contributed by atoms with Gasteiger partial charge in [0.05, 0.1) is 24.5 Å². The van der Waals surface area contributed by atoms with Crippen molar-refractivity contribution in [2.75, 3.05) is 13.2 Å². The number of hydrogen-bond donors (Lipinski definition) is 1. The van der Waals surface area contributed by atoms with Gasteiger partial charge in [0.1, 0.15) is 0 Å². The van der Waals surface area contributed by atoms with Gasteiger partial charge in [-0.15, -0.1) is 0 Å². The Hall–Kier alpha value is -1.46. The second-order valence-electron chi connectivity index (χ2n) is 4.16. The summed E-state index contributed by atoms with van der Waals surface area (Å²) < 4.78 is 7.17. The molecule has 0 saturated carbocycles. The van der Waals surface area contributed by atoms with Crippen LogP contribution in [0.25, 0.3) is 5.52 Å². The van der Waals surface area contributed by atoms with Crippen LogP contribution in [0.2, 0.25) is 0 Å². The van der Waals surface area contributed by atoms with E-state index in [-0.39, 0.29) is 6.04 Å². The van der Waals surface area contributed by atoms with Crippen LogP contribution >= 0.6 is 0 Å². The van der Waals surface area contributed by atoms with Gasteiger partial charge in [-0.3, -0.25) is 4.98 Å². The lowest BCUT2D eigenvalue weighted by Crippen LogP contribution is -2.21. The highest BCUT2D eigenvalue weighted by Crippen LogP contribution is 2.28. The minimum atomic E-state index is -0.0100. The summed E-state index contributed by atoms with van der Waals surface area (Å²) in [6.07, 6.45) is 8.21. The summed E-state index contributed by atoms with van der Waals surface area (Å²) in [4.78, 5) is 4.11. The lowest BCUT2D eigenvalue weighted by atomic mass is 9.94. The molecule has 5 nitrogen and oxygen atoms in total. The molecule has 0 bridgehead atoms. The van der Waals surface area contributed by atoms with Crippen molar-refractivity contribution in [1.82, 2.24) is 14.6 Å². The van der Waals surface area contributed by atoms with E-state index in [1.165, 1.54) is 0 Å². The van der Waals surface area contributed by atoms with Crippen molar-refractivity contribution in [3.8, 4) is 0 Å². The molecule has 0 aromatic carbocycles. The topological polar surface area (TPSA) is 65.4 Å². The minimum Gasteiger partial charge on any atom is -0.381 e. The van der Waals surface area contributed by atoms with Crippen molar-refractivity contribution in [3.63, 3.8) is 0 Å². The maximum Gasteiger partial charge on any atom is 0.0892 e. The highest BCUT2D eigenvalue weighted by atomic mass is 16.5. The van der Waals surface area contributed by atoms with E-state index in [1.807, 2.05) is 12.4 Å². The van der Waals surface area contributed by atoms with Gasteiger partial charge in [-0.2, -0.15) is 5.10 Å². The maximum absolute atomic E-state index is 6.25. The fourth-order valence-electron chi connectivity index (χ4n) is 2.20. The van der Waals surface area contributed by atoms with Gasteiger partial charge in [0, 0.05) is 36.5 Å². The Morgan fingerprint density at radius 2 is 2.44 bits per heavy atom. The first-order valence-electron chi connectivity index (χ1n) is 5.47. The molecule has 2 aromatic rings. The smallest absolute Gasteiger partial charge is 0.0892 e. The van der Waals surface area contributed by atoms with Gasteiger partial charge in [-0.05, 0) is 6.42 Å². The Balaban J connectivity index is 1.98. The molecule has 16 heavy (non-hydrogen) atoms. The first-order chi connectivity index (χ1) is 7.86. The van der Waals surface area contributed by atoms with E-state index in [0.29, 0.717) is 5.92 Å². The third-order valence-corrected chi connectivity index (χ3v) is 3.19. The Morgan fingerprint density at radius 1 is 1.50 bits per heavy atom. The first-order valence-corrected chi connectivity index (χ1v) is 5.47. The van der Waals surface area contributed by atoms with Crippen molar-refractivity contribution in [1.29, 1.82) is 0 Å². The molecule has 1 aliphatic heterocycles. The Morgan fingerprint density at radius 3 is 3.25 bits per heavy atom. The summed E-state index contributed by atoms with van der Waals surface area (Å²) in [5, 5.41) is 4.27. The maximum atomic E-state index is 6.25. The van der Waals surface area contributed by atoms with E-state index in [4.69, 9.17) is 10.5 Å². The Labute approximate surface area is 93.2 Å². The van der Waals surface area contributed by atoms with E-state index in [1.54, 1.807) is 16.9 Å². The third kappa shape index (κ3) is 1.48. The van der Waals surface area contributed by atoms with Crippen LogP contribution in [-0.2, 0) is 4.74 Å². The van der Waals surface area contributed by atoms with Gasteiger partial charge in [-0.1, -0.05) is 0 Å². The van der Waals surface area contributed by atoms with E-state index < -0.39 is 0 Å². The average Bonchev–Trinajstić information content (AvgIpc) is 2.98. The highest BCUT2D eigenvalue weighted by Gasteiger charge is 2.26. The van der Waals surface area contributed by atoms with Gasteiger partial charge >= 0.3 is 0 Å². The Kier molecular flexibility index (Phi) is 2.34. The second kappa shape index (κ2) is 3.84. The van der Waals surface area contributed by atoms with Crippen molar-refractivity contribution >= 4 is 5.52 Å². The zero-order valence-electron chi connectivity index (χ0n) is 8.91. The Bertz CT molecular complexity index is 489. The van der Waals surface area contributed by atoms with Crippen molar-refractivity contribution in [3.05, 3.63) is 30.4 Å². The van der Waals surface area contributed by atoms with Crippen LogP contribution in [0, 0.1) is 5.92 Å². The lowest BCUT2D eigenvalue weighted by Gasteiger charge is -2.16. The molecular formula is C11H14N4O. The molecule has 0 amide bonds. The number of fused-ring (bicyclic) bond motifs is 1. The fourth-order valence-corrected chi connectivity index (χ4v) is 2.20. The summed E-state index contributed by atoms with van der Waals surface area (Å²) in [6, 6.07) is -0.0100. The number of nitrogens with zero attached hydrogens (tertiary/aromatic N) is 3. The van der Waals surface area contributed by atoms with Crippen LogP contribution in [-0.4, -0.2) is 27.8 Å². The first kappa shape index (κ1) is 9.74. The number of ether oxygens (including phenoxy) is 1. The van der Waals surface area contributed by atoms with Gasteiger partial charge < -0.3 is 10.5 Å². The third-order valence-electron chi connectivity index (χ3n) is 3.19. The summed E-state index contributed by atoms with van der Waals surface area (Å²) in [7, 11) is 0. The molecule has 2 atom stereocenters. The SMILES string of the molecule is NC(c1cnn2ccncc12)C1CCOC1. The zero-order chi connectivity index (χ0) is 11.0. The molecule has 2 N–H and O–H groups in total. The molecule has 2 unspecified atom stereocenters. The zero-order valence-corrected chi connectivity index (χ0v) is 8.91. The average molecular weight is 218 g/mol. The number of rotatable bonds is 2. The van der Waals surface area contributed by atoms with E-state index in [0.717, 1.165) is 30.7 Å². The summed E-state index contributed by atoms with van der Waals surface area (Å²) in [6.45, 7) is 1.56.